The van der Waals surface area contributed by atoms with Crippen LogP contribution in [-0.4, -0.2) is 32.3 Å². The highest BCUT2D eigenvalue weighted by Crippen LogP contribution is 2.28. The number of rotatable bonds is 8. The summed E-state index contributed by atoms with van der Waals surface area (Å²) in [5, 5.41) is 7.69. The summed E-state index contributed by atoms with van der Waals surface area (Å²) < 4.78 is 10.5. The summed E-state index contributed by atoms with van der Waals surface area (Å²) in [7, 11) is 1.59. The third kappa shape index (κ3) is 5.18. The molecule has 0 aliphatic carbocycles. The Morgan fingerprint density at radius 3 is 2.40 bits per heavy atom. The van der Waals surface area contributed by atoms with Crippen LogP contribution >= 0.6 is 0 Å². The van der Waals surface area contributed by atoms with E-state index < -0.39 is 12.0 Å². The average Bonchev–Trinajstić information content (AvgIpc) is 2.75. The highest BCUT2D eigenvalue weighted by atomic mass is 16.5. The van der Waals surface area contributed by atoms with Gasteiger partial charge in [0, 0.05) is 5.56 Å². The zero-order valence-corrected chi connectivity index (χ0v) is 17.5. The molecule has 1 aliphatic rings. The van der Waals surface area contributed by atoms with Crippen LogP contribution in [-0.2, 0) is 16.1 Å². The van der Waals surface area contributed by atoms with Crippen molar-refractivity contribution >= 4 is 12.0 Å². The van der Waals surface area contributed by atoms with Gasteiger partial charge >= 0.3 is 12.0 Å². The lowest BCUT2D eigenvalue weighted by Gasteiger charge is -2.28. The zero-order chi connectivity index (χ0) is 21.5. The highest BCUT2D eigenvalue weighted by molar-refractivity contribution is 5.95. The topological polar surface area (TPSA) is 93.3 Å². The van der Waals surface area contributed by atoms with Crippen LogP contribution in [0.5, 0.6) is 5.75 Å². The minimum atomic E-state index is -0.591. The molecule has 0 unspecified atom stereocenters. The van der Waals surface area contributed by atoms with Gasteiger partial charge in [-0.15, -0.1) is 0 Å². The van der Waals surface area contributed by atoms with Crippen LogP contribution in [0.2, 0.25) is 0 Å². The fraction of sp³-hybridized carbons (Fsp3) is 0.304. The number of aryl methyl sites for hydroxylation is 1. The Bertz CT molecular complexity index is 920. The largest absolute Gasteiger partial charge is 0.497 e. The van der Waals surface area contributed by atoms with Crippen LogP contribution in [0.1, 0.15) is 29.7 Å². The van der Waals surface area contributed by atoms with Gasteiger partial charge in [-0.2, -0.15) is 0 Å². The van der Waals surface area contributed by atoms with E-state index in [1.54, 1.807) is 26.2 Å². The smallest absolute Gasteiger partial charge is 0.338 e. The van der Waals surface area contributed by atoms with Crippen molar-refractivity contribution < 1.29 is 24.4 Å². The number of carbonyl (C=O) groups is 2. The summed E-state index contributed by atoms with van der Waals surface area (Å²) in [5.41, 5.74) is 4.14. The van der Waals surface area contributed by atoms with Crippen molar-refractivity contribution in [3.05, 3.63) is 76.5 Å². The minimum absolute atomic E-state index is 0.256. The summed E-state index contributed by atoms with van der Waals surface area (Å²) in [6.07, 6.45) is 0. The van der Waals surface area contributed by atoms with E-state index in [2.05, 4.69) is 40.2 Å². The molecule has 1 atom stereocenters. The first-order valence-electron chi connectivity index (χ1n) is 10.0. The third-order valence-electron chi connectivity index (χ3n) is 4.95. The second kappa shape index (κ2) is 9.93. The second-order valence-electron chi connectivity index (χ2n) is 7.10. The molecular weight excluding hydrogens is 382 g/mol. The Balaban J connectivity index is 1.86. The van der Waals surface area contributed by atoms with Crippen LogP contribution in [0.25, 0.3) is 0 Å². The lowest BCUT2D eigenvalue weighted by atomic mass is 9.95. The molecule has 0 saturated carbocycles. The molecular formula is C23H28N3O4+. The Hall–Kier alpha value is -3.32. The number of urea groups is 1. The summed E-state index contributed by atoms with van der Waals surface area (Å²) in [4.78, 5) is 25.1. The maximum atomic E-state index is 12.8. The van der Waals surface area contributed by atoms with Crippen molar-refractivity contribution in [1.82, 2.24) is 10.6 Å². The third-order valence-corrected chi connectivity index (χ3v) is 4.95. The summed E-state index contributed by atoms with van der Waals surface area (Å²) >= 11 is 0. The van der Waals surface area contributed by atoms with E-state index in [9.17, 15) is 9.59 Å². The SMILES string of the molecule is CCOC(=O)C1=C(C[NH2+]Cc2ccc(C)cc2)NC(=O)N[C@@H]1c1ccc(OC)cc1. The molecule has 2 amide bonds. The number of hydrogen-bond donors (Lipinski definition) is 3. The molecule has 2 aromatic rings. The molecule has 1 heterocycles. The summed E-state index contributed by atoms with van der Waals surface area (Å²) in [5.74, 6) is 0.261. The number of hydrogen-bond acceptors (Lipinski definition) is 4. The molecule has 0 radical (unpaired) electrons. The van der Waals surface area contributed by atoms with E-state index in [0.717, 1.165) is 12.1 Å². The van der Waals surface area contributed by atoms with E-state index in [1.165, 1.54) is 11.1 Å². The van der Waals surface area contributed by atoms with E-state index in [4.69, 9.17) is 9.47 Å². The Kier molecular flexibility index (Phi) is 7.08. The van der Waals surface area contributed by atoms with Gasteiger partial charge in [0.1, 0.15) is 18.8 Å². The number of nitrogens with one attached hydrogen (secondary N) is 2. The first-order chi connectivity index (χ1) is 14.5. The molecule has 30 heavy (non-hydrogen) atoms. The molecule has 0 spiro atoms. The average molecular weight is 410 g/mol. The first kappa shape index (κ1) is 21.4. The molecule has 3 rings (SSSR count). The standard InChI is InChI=1S/C23H27N3O4/c1-4-30-22(27)20-19(14-24-13-16-7-5-15(2)6-8-16)25-23(28)26-21(20)17-9-11-18(29-3)12-10-17/h5-12,21,24H,4,13-14H2,1-3H3,(H2,25,26,28)/p+1/t21-/m1/s1. The number of methoxy groups -OCH3 is 1. The number of benzene rings is 2. The fourth-order valence-electron chi connectivity index (χ4n) is 3.38. The lowest BCUT2D eigenvalue weighted by Crippen LogP contribution is -2.84. The van der Waals surface area contributed by atoms with Gasteiger partial charge in [0.2, 0.25) is 0 Å². The molecule has 7 heteroatoms. The molecule has 158 valence electrons. The van der Waals surface area contributed by atoms with Crippen molar-refractivity contribution in [3.63, 3.8) is 0 Å². The van der Waals surface area contributed by atoms with Crippen molar-refractivity contribution in [2.75, 3.05) is 20.3 Å². The molecule has 1 aliphatic heterocycles. The molecule has 0 fully saturated rings. The van der Waals surface area contributed by atoms with Gasteiger partial charge in [0.05, 0.1) is 31.0 Å². The monoisotopic (exact) mass is 410 g/mol. The molecule has 0 bridgehead atoms. The molecule has 4 N–H and O–H groups in total. The van der Waals surface area contributed by atoms with Gasteiger partial charge in [0.25, 0.3) is 0 Å². The van der Waals surface area contributed by atoms with E-state index >= 15 is 0 Å². The normalized spacial score (nSPS) is 16.0. The van der Waals surface area contributed by atoms with Crippen molar-refractivity contribution in [2.24, 2.45) is 0 Å². The van der Waals surface area contributed by atoms with Crippen LogP contribution in [0.4, 0.5) is 4.79 Å². The number of nitrogens with two attached hydrogens (primary N) is 1. The number of quaternary nitrogens is 1. The Labute approximate surface area is 176 Å². The molecule has 0 saturated heterocycles. The first-order valence-corrected chi connectivity index (χ1v) is 10.0. The number of esters is 1. The minimum Gasteiger partial charge on any atom is -0.497 e. The maximum Gasteiger partial charge on any atom is 0.338 e. The highest BCUT2D eigenvalue weighted by Gasteiger charge is 2.34. The van der Waals surface area contributed by atoms with Crippen molar-refractivity contribution in [3.8, 4) is 5.75 Å². The second-order valence-corrected chi connectivity index (χ2v) is 7.10. The van der Waals surface area contributed by atoms with Crippen LogP contribution < -0.4 is 20.7 Å². The van der Waals surface area contributed by atoms with E-state index in [-0.39, 0.29) is 12.6 Å². The van der Waals surface area contributed by atoms with E-state index in [0.29, 0.717) is 23.6 Å². The number of amides is 2. The molecule has 0 aromatic heterocycles. The fourth-order valence-corrected chi connectivity index (χ4v) is 3.38. The Morgan fingerprint density at radius 1 is 1.07 bits per heavy atom. The summed E-state index contributed by atoms with van der Waals surface area (Å²) in [6, 6.07) is 14.6. The maximum absolute atomic E-state index is 12.8. The summed E-state index contributed by atoms with van der Waals surface area (Å²) in [6.45, 7) is 5.25. The number of ether oxygens (including phenoxy) is 2. The molecule has 2 aromatic carbocycles. The van der Waals surface area contributed by atoms with Gasteiger partial charge in [-0.3, -0.25) is 0 Å². The van der Waals surface area contributed by atoms with E-state index in [1.807, 2.05) is 19.1 Å². The van der Waals surface area contributed by atoms with Crippen LogP contribution in [0.15, 0.2) is 59.8 Å². The van der Waals surface area contributed by atoms with Gasteiger partial charge < -0.3 is 25.4 Å². The number of carbonyl (C=O) groups excluding carboxylic acids is 2. The predicted molar refractivity (Wildman–Crippen MR) is 113 cm³/mol. The Morgan fingerprint density at radius 2 is 1.77 bits per heavy atom. The van der Waals surface area contributed by atoms with Gasteiger partial charge in [-0.05, 0) is 31.5 Å². The zero-order valence-electron chi connectivity index (χ0n) is 17.5. The van der Waals surface area contributed by atoms with Gasteiger partial charge in [-0.25, -0.2) is 9.59 Å². The molecule has 7 nitrogen and oxygen atoms in total. The van der Waals surface area contributed by atoms with Gasteiger partial charge in [-0.1, -0.05) is 42.0 Å². The quantitative estimate of drug-likeness (QED) is 0.580. The van der Waals surface area contributed by atoms with Crippen LogP contribution in [0.3, 0.4) is 0 Å². The predicted octanol–water partition coefficient (Wildman–Crippen LogP) is 1.94. The lowest BCUT2D eigenvalue weighted by molar-refractivity contribution is -0.664. The van der Waals surface area contributed by atoms with Crippen LogP contribution in [0, 0.1) is 6.92 Å². The van der Waals surface area contributed by atoms with Gasteiger partial charge in [0.15, 0.2) is 0 Å². The van der Waals surface area contributed by atoms with Crippen molar-refractivity contribution in [2.45, 2.75) is 26.4 Å². The van der Waals surface area contributed by atoms with Crippen molar-refractivity contribution in [1.29, 1.82) is 0 Å².